The van der Waals surface area contributed by atoms with Gasteiger partial charge in [-0.1, -0.05) is 19.9 Å². The molecule has 18 heavy (non-hydrogen) atoms. The Morgan fingerprint density at radius 2 is 2.06 bits per heavy atom. The van der Waals surface area contributed by atoms with Crippen molar-refractivity contribution in [3.05, 3.63) is 29.6 Å². The summed E-state index contributed by atoms with van der Waals surface area (Å²) >= 11 is 0. The van der Waals surface area contributed by atoms with E-state index in [2.05, 4.69) is 48.6 Å². The summed E-state index contributed by atoms with van der Waals surface area (Å²) in [6, 6.07) is 6.73. The largest absolute Gasteiger partial charge is 0.331 e. The third kappa shape index (κ3) is 2.72. The van der Waals surface area contributed by atoms with Gasteiger partial charge < -0.3 is 10.3 Å². The maximum absolute atomic E-state index is 6.16. The van der Waals surface area contributed by atoms with Crippen molar-refractivity contribution >= 4 is 11.0 Å². The second-order valence-corrected chi connectivity index (χ2v) is 5.63. The van der Waals surface area contributed by atoms with Gasteiger partial charge in [-0.25, -0.2) is 4.98 Å². The molecule has 0 aliphatic heterocycles. The Hall–Kier alpha value is -1.35. The van der Waals surface area contributed by atoms with E-state index in [1.165, 1.54) is 11.1 Å². The predicted molar refractivity (Wildman–Crippen MR) is 76.6 cm³/mol. The second kappa shape index (κ2) is 5.11. The molecule has 3 heteroatoms. The van der Waals surface area contributed by atoms with Crippen LogP contribution < -0.4 is 5.73 Å². The third-order valence-corrected chi connectivity index (χ3v) is 3.44. The molecule has 1 heterocycles. The molecular weight excluding hydrogens is 222 g/mol. The predicted octanol–water partition coefficient (Wildman–Crippen LogP) is 2.80. The van der Waals surface area contributed by atoms with Crippen LogP contribution >= 0.6 is 0 Å². The van der Waals surface area contributed by atoms with Crippen LogP contribution in [0.15, 0.2) is 18.2 Å². The van der Waals surface area contributed by atoms with Gasteiger partial charge in [0, 0.05) is 13.1 Å². The number of aromatic nitrogens is 2. The molecular formula is C15H23N3. The van der Waals surface area contributed by atoms with E-state index >= 15 is 0 Å². The van der Waals surface area contributed by atoms with Gasteiger partial charge in [0.1, 0.15) is 5.82 Å². The first-order valence-electron chi connectivity index (χ1n) is 6.65. The van der Waals surface area contributed by atoms with Crippen LogP contribution in [0.1, 0.15) is 31.7 Å². The quantitative estimate of drug-likeness (QED) is 0.900. The van der Waals surface area contributed by atoms with Crippen LogP contribution in [-0.2, 0) is 13.5 Å². The zero-order chi connectivity index (χ0) is 13.3. The van der Waals surface area contributed by atoms with Crippen molar-refractivity contribution in [2.75, 3.05) is 0 Å². The van der Waals surface area contributed by atoms with Crippen molar-refractivity contribution in [1.29, 1.82) is 0 Å². The monoisotopic (exact) mass is 245 g/mol. The molecule has 0 radical (unpaired) electrons. The molecule has 0 fully saturated rings. The summed E-state index contributed by atoms with van der Waals surface area (Å²) in [6.45, 7) is 6.46. The molecule has 2 rings (SSSR count). The number of aryl methyl sites for hydroxylation is 2. The number of hydrogen-bond acceptors (Lipinski definition) is 2. The van der Waals surface area contributed by atoms with Gasteiger partial charge in [-0.05, 0) is 43.4 Å². The summed E-state index contributed by atoms with van der Waals surface area (Å²) in [4.78, 5) is 4.56. The molecule has 1 aromatic carbocycles. The molecule has 0 amide bonds. The number of imidazole rings is 1. The Morgan fingerprint density at radius 3 is 2.72 bits per heavy atom. The summed E-state index contributed by atoms with van der Waals surface area (Å²) in [7, 11) is 2.05. The van der Waals surface area contributed by atoms with Crippen molar-refractivity contribution in [3.8, 4) is 0 Å². The van der Waals surface area contributed by atoms with Crippen LogP contribution in [0.2, 0.25) is 0 Å². The first-order valence-corrected chi connectivity index (χ1v) is 6.65. The Balaban J connectivity index is 2.20. The number of hydrogen-bond donors (Lipinski definition) is 1. The minimum Gasteiger partial charge on any atom is -0.331 e. The van der Waals surface area contributed by atoms with Gasteiger partial charge in [0.15, 0.2) is 0 Å². The van der Waals surface area contributed by atoms with E-state index < -0.39 is 0 Å². The van der Waals surface area contributed by atoms with Gasteiger partial charge in [-0.15, -0.1) is 0 Å². The Morgan fingerprint density at radius 1 is 1.33 bits per heavy atom. The fourth-order valence-electron chi connectivity index (χ4n) is 2.48. The van der Waals surface area contributed by atoms with Gasteiger partial charge in [0.25, 0.3) is 0 Å². The normalized spacial score (nSPS) is 13.4. The van der Waals surface area contributed by atoms with E-state index in [1.807, 2.05) is 6.92 Å². The Kier molecular flexibility index (Phi) is 3.71. The second-order valence-electron chi connectivity index (χ2n) is 5.63. The van der Waals surface area contributed by atoms with Crippen molar-refractivity contribution in [3.63, 3.8) is 0 Å². The first kappa shape index (κ1) is 13.1. The van der Waals surface area contributed by atoms with E-state index in [1.54, 1.807) is 0 Å². The highest BCUT2D eigenvalue weighted by molar-refractivity contribution is 5.76. The van der Waals surface area contributed by atoms with E-state index in [0.29, 0.717) is 5.92 Å². The smallest absolute Gasteiger partial charge is 0.106 e. The van der Waals surface area contributed by atoms with Crippen molar-refractivity contribution in [2.24, 2.45) is 18.7 Å². The number of benzene rings is 1. The summed E-state index contributed by atoms with van der Waals surface area (Å²) in [5.74, 6) is 1.70. The van der Waals surface area contributed by atoms with E-state index in [9.17, 15) is 0 Å². The topological polar surface area (TPSA) is 43.8 Å². The molecule has 3 nitrogen and oxygen atoms in total. The van der Waals surface area contributed by atoms with Crippen LogP contribution in [0.3, 0.4) is 0 Å². The maximum atomic E-state index is 6.16. The van der Waals surface area contributed by atoms with Crippen LogP contribution in [0.5, 0.6) is 0 Å². The van der Waals surface area contributed by atoms with Crippen LogP contribution in [0, 0.1) is 12.8 Å². The highest BCUT2D eigenvalue weighted by atomic mass is 15.0. The lowest BCUT2D eigenvalue weighted by molar-refractivity contribution is 0.493. The number of nitrogens with two attached hydrogens (primary N) is 1. The summed E-state index contributed by atoms with van der Waals surface area (Å²) in [6.07, 6.45) is 2.00. The van der Waals surface area contributed by atoms with E-state index in [4.69, 9.17) is 5.73 Å². The highest BCUT2D eigenvalue weighted by Gasteiger charge is 2.09. The number of nitrogens with zero attached hydrogens (tertiary/aromatic N) is 2. The lowest BCUT2D eigenvalue weighted by atomic mass is 9.98. The number of rotatable bonds is 4. The Bertz CT molecular complexity index is 540. The third-order valence-electron chi connectivity index (χ3n) is 3.44. The molecule has 98 valence electrons. The molecule has 0 saturated heterocycles. The first-order chi connectivity index (χ1) is 8.47. The molecule has 2 aromatic rings. The fourth-order valence-corrected chi connectivity index (χ4v) is 2.48. The molecule has 0 saturated carbocycles. The summed E-state index contributed by atoms with van der Waals surface area (Å²) in [5, 5.41) is 0. The molecule has 0 spiro atoms. The SMILES string of the molecule is Cc1nc2cc(CC(N)CC(C)C)ccc2n1C. The molecule has 2 N–H and O–H groups in total. The summed E-state index contributed by atoms with van der Waals surface area (Å²) < 4.78 is 2.12. The van der Waals surface area contributed by atoms with Gasteiger partial charge >= 0.3 is 0 Å². The average molecular weight is 245 g/mol. The van der Waals surface area contributed by atoms with E-state index in [-0.39, 0.29) is 6.04 Å². The van der Waals surface area contributed by atoms with Gasteiger partial charge in [0.2, 0.25) is 0 Å². The zero-order valence-corrected chi connectivity index (χ0v) is 11.8. The van der Waals surface area contributed by atoms with Crippen molar-refractivity contribution < 1.29 is 0 Å². The minimum absolute atomic E-state index is 0.243. The van der Waals surface area contributed by atoms with Crippen LogP contribution in [0.25, 0.3) is 11.0 Å². The van der Waals surface area contributed by atoms with Gasteiger partial charge in [0.05, 0.1) is 11.0 Å². The molecule has 0 aliphatic rings. The number of fused-ring (bicyclic) bond motifs is 1. The Labute approximate surface area is 109 Å². The average Bonchev–Trinajstić information content (AvgIpc) is 2.53. The zero-order valence-electron chi connectivity index (χ0n) is 11.8. The van der Waals surface area contributed by atoms with Crippen LogP contribution in [0.4, 0.5) is 0 Å². The minimum atomic E-state index is 0.243. The van der Waals surface area contributed by atoms with E-state index in [0.717, 1.165) is 24.2 Å². The molecule has 0 bridgehead atoms. The molecule has 1 aromatic heterocycles. The van der Waals surface area contributed by atoms with Crippen molar-refractivity contribution in [2.45, 2.75) is 39.7 Å². The fraction of sp³-hybridized carbons (Fsp3) is 0.533. The lowest BCUT2D eigenvalue weighted by Gasteiger charge is -2.13. The summed E-state index contributed by atoms with van der Waals surface area (Å²) in [5.41, 5.74) is 9.71. The van der Waals surface area contributed by atoms with Crippen molar-refractivity contribution in [1.82, 2.24) is 9.55 Å². The maximum Gasteiger partial charge on any atom is 0.106 e. The molecule has 1 atom stereocenters. The standard InChI is InChI=1S/C15H23N3/c1-10(2)7-13(16)8-12-5-6-15-14(9-12)17-11(3)18(15)4/h5-6,9-10,13H,7-8,16H2,1-4H3. The van der Waals surface area contributed by atoms with Gasteiger partial charge in [-0.3, -0.25) is 0 Å². The molecule has 0 aliphatic carbocycles. The molecule has 1 unspecified atom stereocenters. The lowest BCUT2D eigenvalue weighted by Crippen LogP contribution is -2.24. The highest BCUT2D eigenvalue weighted by Crippen LogP contribution is 2.18. The van der Waals surface area contributed by atoms with Crippen LogP contribution in [-0.4, -0.2) is 15.6 Å². The van der Waals surface area contributed by atoms with Gasteiger partial charge in [-0.2, -0.15) is 0 Å².